The predicted octanol–water partition coefficient (Wildman–Crippen LogP) is -0.00290. The zero-order chi connectivity index (χ0) is 9.78. The zero-order valence-corrected chi connectivity index (χ0v) is 8.60. The quantitative estimate of drug-likeness (QED) is 0.300. The highest BCUT2D eigenvalue weighted by molar-refractivity contribution is 5.85. The van der Waals surface area contributed by atoms with Gasteiger partial charge in [-0.25, -0.2) is 5.48 Å². The van der Waals surface area contributed by atoms with Gasteiger partial charge >= 0.3 is 0 Å². The van der Waals surface area contributed by atoms with Gasteiger partial charge in [0.2, 0.25) is 0 Å². The van der Waals surface area contributed by atoms with Gasteiger partial charge in [0.05, 0.1) is 0 Å². The van der Waals surface area contributed by atoms with Gasteiger partial charge in [0, 0.05) is 0 Å². The van der Waals surface area contributed by atoms with E-state index in [-0.39, 0.29) is 18.8 Å². The minimum absolute atomic E-state index is 0. The predicted molar refractivity (Wildman–Crippen MR) is 50.4 cm³/mol. The fourth-order valence-corrected chi connectivity index (χ4v) is 0.719. The van der Waals surface area contributed by atoms with Gasteiger partial charge in [-0.05, 0) is 18.8 Å². The topological polar surface area (TPSA) is 95.6 Å². The molecule has 0 fully saturated rings. The Morgan fingerprint density at radius 1 is 1.62 bits per heavy atom. The summed E-state index contributed by atoms with van der Waals surface area (Å²) >= 11 is 0. The Kier molecular flexibility index (Phi) is 7.15. The monoisotopic (exact) mass is 212 g/mol. The summed E-state index contributed by atoms with van der Waals surface area (Å²) in [6.45, 7) is 3.90. The van der Waals surface area contributed by atoms with Gasteiger partial charge in [0.15, 0.2) is 5.72 Å². The molecule has 80 valence electrons. The van der Waals surface area contributed by atoms with E-state index in [0.717, 1.165) is 0 Å². The van der Waals surface area contributed by atoms with Gasteiger partial charge < -0.3 is 5.11 Å². The third kappa shape index (κ3) is 5.81. The van der Waals surface area contributed by atoms with Crippen molar-refractivity contribution in [2.45, 2.75) is 32.4 Å². The van der Waals surface area contributed by atoms with Gasteiger partial charge in [-0.2, -0.15) is 0 Å². The molecule has 0 saturated carbocycles. The number of hydrogen-bond donors (Lipinski definition) is 4. The highest BCUT2D eigenvalue weighted by atomic mass is 35.5. The van der Waals surface area contributed by atoms with Crippen LogP contribution in [-0.2, 0) is 4.79 Å². The molecule has 13 heavy (non-hydrogen) atoms. The second-order valence-electron chi connectivity index (χ2n) is 3.30. The van der Waals surface area contributed by atoms with Gasteiger partial charge in [0.1, 0.15) is 0 Å². The number of carbonyl (C=O) groups is 1. The largest absolute Gasteiger partial charge is 0.367 e. The second-order valence-corrected chi connectivity index (χ2v) is 3.30. The normalized spacial score (nSPS) is 14.6. The van der Waals surface area contributed by atoms with Crippen LogP contribution in [0, 0.1) is 5.92 Å². The molecule has 0 radical (unpaired) electrons. The van der Waals surface area contributed by atoms with Crippen molar-refractivity contribution in [3.05, 3.63) is 0 Å². The number of amides is 1. The lowest BCUT2D eigenvalue weighted by Crippen LogP contribution is -2.53. The molecule has 0 unspecified atom stereocenters. The van der Waals surface area contributed by atoms with Crippen LogP contribution in [0.3, 0.4) is 0 Å². The first-order valence-electron chi connectivity index (χ1n) is 3.86. The van der Waals surface area contributed by atoms with Crippen LogP contribution in [0.2, 0.25) is 0 Å². The van der Waals surface area contributed by atoms with E-state index < -0.39 is 11.6 Å². The molecule has 0 heterocycles. The van der Waals surface area contributed by atoms with Crippen LogP contribution in [0.4, 0.5) is 0 Å². The first-order chi connectivity index (χ1) is 5.40. The van der Waals surface area contributed by atoms with Crippen LogP contribution in [0.1, 0.15) is 26.7 Å². The smallest absolute Gasteiger partial charge is 0.290 e. The maximum Gasteiger partial charge on any atom is 0.290 e. The number of aliphatic hydroxyl groups is 1. The van der Waals surface area contributed by atoms with Gasteiger partial charge in [-0.15, -0.1) is 12.4 Å². The number of nitrogens with two attached hydrogens (primary N) is 1. The number of hydroxylamine groups is 1. The molecule has 5 nitrogen and oxygen atoms in total. The summed E-state index contributed by atoms with van der Waals surface area (Å²) in [7, 11) is 0. The fraction of sp³-hybridized carbons (Fsp3) is 0.857. The molecule has 1 amide bonds. The first-order valence-corrected chi connectivity index (χ1v) is 3.86. The average Bonchev–Trinajstić information content (AvgIpc) is 1.99. The van der Waals surface area contributed by atoms with E-state index in [0.29, 0.717) is 12.3 Å². The number of hydrogen-bond acceptors (Lipinski definition) is 4. The Balaban J connectivity index is 0. The van der Waals surface area contributed by atoms with E-state index in [9.17, 15) is 9.90 Å². The van der Waals surface area contributed by atoms with E-state index in [4.69, 9.17) is 10.9 Å². The molecule has 0 saturated heterocycles. The minimum Gasteiger partial charge on any atom is -0.367 e. The van der Waals surface area contributed by atoms with Crippen molar-refractivity contribution in [2.75, 3.05) is 0 Å². The van der Waals surface area contributed by atoms with Gasteiger partial charge in [-0.1, -0.05) is 13.8 Å². The van der Waals surface area contributed by atoms with E-state index in [1.165, 1.54) is 5.48 Å². The summed E-state index contributed by atoms with van der Waals surface area (Å²) in [5, 5.41) is 17.4. The summed E-state index contributed by atoms with van der Waals surface area (Å²) < 4.78 is 0. The van der Waals surface area contributed by atoms with Crippen molar-refractivity contribution < 1.29 is 15.1 Å². The zero-order valence-electron chi connectivity index (χ0n) is 7.78. The van der Waals surface area contributed by atoms with Crippen molar-refractivity contribution in [1.82, 2.24) is 5.48 Å². The SMILES string of the molecule is CC(C)CC[C@](N)(O)C(=O)NO.Cl. The van der Waals surface area contributed by atoms with Crippen LogP contribution in [0.25, 0.3) is 0 Å². The van der Waals surface area contributed by atoms with Crippen LogP contribution >= 0.6 is 12.4 Å². The van der Waals surface area contributed by atoms with Crippen molar-refractivity contribution >= 4 is 18.3 Å². The number of halogens is 1. The average molecular weight is 213 g/mol. The van der Waals surface area contributed by atoms with Crippen LogP contribution in [0.5, 0.6) is 0 Å². The molecule has 6 heteroatoms. The van der Waals surface area contributed by atoms with Gasteiger partial charge in [-0.3, -0.25) is 15.7 Å². The Morgan fingerprint density at radius 2 is 2.08 bits per heavy atom. The highest BCUT2D eigenvalue weighted by Crippen LogP contribution is 2.11. The van der Waals surface area contributed by atoms with Gasteiger partial charge in [0.25, 0.3) is 5.91 Å². The lowest BCUT2D eigenvalue weighted by Gasteiger charge is -2.20. The Labute approximate surface area is 83.7 Å². The number of carbonyl (C=O) groups excluding carboxylic acids is 1. The fourth-order valence-electron chi connectivity index (χ4n) is 0.719. The molecule has 0 rings (SSSR count). The second kappa shape index (κ2) is 6.15. The Bertz CT molecular complexity index is 162. The molecule has 0 bridgehead atoms. The molecule has 0 spiro atoms. The molecule has 0 aliphatic rings. The maximum atomic E-state index is 10.7. The lowest BCUT2D eigenvalue weighted by molar-refractivity contribution is -0.149. The van der Waals surface area contributed by atoms with E-state index in [1.54, 1.807) is 0 Å². The Morgan fingerprint density at radius 3 is 2.38 bits per heavy atom. The first kappa shape index (κ1) is 15.1. The van der Waals surface area contributed by atoms with Crippen molar-refractivity contribution in [3.63, 3.8) is 0 Å². The third-order valence-corrected chi connectivity index (χ3v) is 1.60. The molecular weight excluding hydrogens is 196 g/mol. The van der Waals surface area contributed by atoms with Crippen LogP contribution < -0.4 is 11.2 Å². The summed E-state index contributed by atoms with van der Waals surface area (Å²) in [4.78, 5) is 10.7. The standard InChI is InChI=1S/C7H16N2O3.ClH/c1-5(2)3-4-7(8,11)6(10)9-12;/h5,11-12H,3-4,8H2,1-2H3,(H,9,10);1H/t7-;/m0./s1. The number of rotatable bonds is 4. The van der Waals surface area contributed by atoms with Crippen LogP contribution in [0.15, 0.2) is 0 Å². The van der Waals surface area contributed by atoms with Crippen LogP contribution in [-0.4, -0.2) is 21.9 Å². The van der Waals surface area contributed by atoms with E-state index in [2.05, 4.69) is 0 Å². The summed E-state index contributed by atoms with van der Waals surface area (Å²) in [5.41, 5.74) is 4.56. The number of nitrogens with one attached hydrogen (secondary N) is 1. The van der Waals surface area contributed by atoms with Crippen molar-refractivity contribution in [2.24, 2.45) is 11.7 Å². The molecule has 0 aromatic rings. The molecule has 5 N–H and O–H groups in total. The summed E-state index contributed by atoms with van der Waals surface area (Å²) in [5.74, 6) is -0.616. The minimum atomic E-state index is -1.96. The lowest BCUT2D eigenvalue weighted by atomic mass is 10.0. The molecule has 0 aromatic heterocycles. The molecule has 0 aliphatic heterocycles. The molecule has 0 aliphatic carbocycles. The Hall–Kier alpha value is -0.360. The maximum absolute atomic E-state index is 10.7. The van der Waals surface area contributed by atoms with E-state index >= 15 is 0 Å². The molecule has 0 aromatic carbocycles. The summed E-state index contributed by atoms with van der Waals surface area (Å²) in [6.07, 6.45) is 0.761. The highest BCUT2D eigenvalue weighted by Gasteiger charge is 2.30. The van der Waals surface area contributed by atoms with E-state index in [1.807, 2.05) is 13.8 Å². The third-order valence-electron chi connectivity index (χ3n) is 1.60. The summed E-state index contributed by atoms with van der Waals surface area (Å²) in [6, 6.07) is 0. The molecule has 1 atom stereocenters. The van der Waals surface area contributed by atoms with Crippen molar-refractivity contribution in [1.29, 1.82) is 0 Å². The molecular formula is C7H17ClN2O3. The van der Waals surface area contributed by atoms with Crippen molar-refractivity contribution in [3.8, 4) is 0 Å².